The molecule has 1 fully saturated rings. The van der Waals surface area contributed by atoms with Crippen molar-refractivity contribution < 1.29 is 18.6 Å². The normalized spacial score (nSPS) is 25.6. The van der Waals surface area contributed by atoms with E-state index >= 15 is 0 Å². The fourth-order valence-corrected chi connectivity index (χ4v) is 2.93. The first-order valence-electron chi connectivity index (χ1n) is 6.84. The molecule has 9 heteroatoms. The van der Waals surface area contributed by atoms with Crippen molar-refractivity contribution in [1.29, 1.82) is 0 Å². The van der Waals surface area contributed by atoms with Gasteiger partial charge in [0.1, 0.15) is 17.4 Å². The second-order valence-electron chi connectivity index (χ2n) is 5.69. The molecule has 2 aromatic rings. The quantitative estimate of drug-likeness (QED) is 0.561. The van der Waals surface area contributed by atoms with E-state index in [1.165, 1.54) is 0 Å². The Hall–Kier alpha value is -0.930. The second-order valence-corrected chi connectivity index (χ2v) is 6.82. The maximum absolute atomic E-state index is 14.3. The standard InChI is InChI=1S/C14H13BrClF2N3O2/c1-14(22)4-19-3-8(23-5-14)11-6-2-7(17)9(15)10(18)12(6)21-13(16)20-11/h2,8,19,22H,3-5H2,1H3. The number of ether oxygens (including phenoxy) is 1. The molecule has 0 radical (unpaired) electrons. The zero-order valence-corrected chi connectivity index (χ0v) is 14.4. The number of nitrogens with one attached hydrogen (secondary N) is 1. The molecule has 3 rings (SSSR count). The van der Waals surface area contributed by atoms with Gasteiger partial charge in [-0.25, -0.2) is 18.7 Å². The summed E-state index contributed by atoms with van der Waals surface area (Å²) in [6, 6.07) is 1.14. The van der Waals surface area contributed by atoms with E-state index in [1.807, 2.05) is 0 Å². The van der Waals surface area contributed by atoms with E-state index in [9.17, 15) is 13.9 Å². The van der Waals surface area contributed by atoms with Gasteiger partial charge in [-0.3, -0.25) is 0 Å². The van der Waals surface area contributed by atoms with Gasteiger partial charge in [0.25, 0.3) is 0 Å². The van der Waals surface area contributed by atoms with E-state index in [0.29, 0.717) is 13.1 Å². The minimum absolute atomic E-state index is 0.0509. The highest BCUT2D eigenvalue weighted by Crippen LogP contribution is 2.32. The third-order valence-electron chi connectivity index (χ3n) is 3.57. The van der Waals surface area contributed by atoms with Crippen molar-refractivity contribution in [3.05, 3.63) is 33.2 Å². The van der Waals surface area contributed by atoms with Crippen molar-refractivity contribution in [3.8, 4) is 0 Å². The number of fused-ring (bicyclic) bond motifs is 1. The smallest absolute Gasteiger partial charge is 0.223 e. The van der Waals surface area contributed by atoms with Crippen LogP contribution in [0.1, 0.15) is 18.7 Å². The molecule has 1 aromatic heterocycles. The number of β-amino-alcohol motifs (C(OH)–C–C–N with tert-alkyl or cyclic N) is 1. The first-order chi connectivity index (χ1) is 10.8. The van der Waals surface area contributed by atoms with Gasteiger partial charge in [0.2, 0.25) is 5.28 Å². The Kier molecular flexibility index (Phi) is 4.54. The summed E-state index contributed by atoms with van der Waals surface area (Å²) >= 11 is 8.72. The number of rotatable bonds is 1. The van der Waals surface area contributed by atoms with Crippen LogP contribution in [0.5, 0.6) is 0 Å². The zero-order chi connectivity index (χ0) is 16.8. The van der Waals surface area contributed by atoms with Crippen LogP contribution in [0.3, 0.4) is 0 Å². The molecule has 1 saturated heterocycles. The summed E-state index contributed by atoms with van der Waals surface area (Å²) in [5, 5.41) is 13.1. The molecular weight excluding hydrogens is 396 g/mol. The number of aliphatic hydroxyl groups is 1. The molecule has 1 aliphatic heterocycles. The van der Waals surface area contributed by atoms with Crippen LogP contribution >= 0.6 is 27.5 Å². The monoisotopic (exact) mass is 407 g/mol. The van der Waals surface area contributed by atoms with Crippen molar-refractivity contribution in [2.45, 2.75) is 18.6 Å². The van der Waals surface area contributed by atoms with Gasteiger partial charge in [-0.05, 0) is 40.5 Å². The van der Waals surface area contributed by atoms with Gasteiger partial charge in [-0.2, -0.15) is 0 Å². The molecule has 0 amide bonds. The highest BCUT2D eigenvalue weighted by molar-refractivity contribution is 9.10. The molecule has 0 saturated carbocycles. The lowest BCUT2D eigenvalue weighted by molar-refractivity contribution is -0.0416. The number of benzene rings is 1. The molecule has 124 valence electrons. The average molecular weight is 409 g/mol. The summed E-state index contributed by atoms with van der Waals surface area (Å²) in [5.74, 6) is -1.62. The molecule has 23 heavy (non-hydrogen) atoms. The van der Waals surface area contributed by atoms with Crippen LogP contribution in [0.4, 0.5) is 8.78 Å². The van der Waals surface area contributed by atoms with E-state index in [0.717, 1.165) is 6.07 Å². The largest absolute Gasteiger partial charge is 0.386 e. The number of halogens is 4. The average Bonchev–Trinajstić information content (AvgIpc) is 2.66. The van der Waals surface area contributed by atoms with Gasteiger partial charge in [-0.15, -0.1) is 0 Å². The Morgan fingerprint density at radius 1 is 1.48 bits per heavy atom. The van der Waals surface area contributed by atoms with Crippen LogP contribution < -0.4 is 5.32 Å². The van der Waals surface area contributed by atoms with Gasteiger partial charge in [0.15, 0.2) is 5.82 Å². The van der Waals surface area contributed by atoms with Crippen LogP contribution in [-0.4, -0.2) is 40.4 Å². The van der Waals surface area contributed by atoms with Crippen LogP contribution in [0.25, 0.3) is 10.9 Å². The summed E-state index contributed by atoms with van der Waals surface area (Å²) in [6.45, 7) is 2.32. The molecule has 0 bridgehead atoms. The number of aromatic nitrogens is 2. The van der Waals surface area contributed by atoms with Crippen LogP contribution in [-0.2, 0) is 4.74 Å². The summed E-state index contributed by atoms with van der Waals surface area (Å²) < 4.78 is 33.5. The lowest BCUT2D eigenvalue weighted by Crippen LogP contribution is -2.38. The van der Waals surface area contributed by atoms with Crippen molar-refractivity contribution in [2.75, 3.05) is 19.7 Å². The molecule has 2 heterocycles. The van der Waals surface area contributed by atoms with E-state index in [4.69, 9.17) is 16.3 Å². The van der Waals surface area contributed by atoms with Crippen molar-refractivity contribution in [1.82, 2.24) is 15.3 Å². The Balaban J connectivity index is 2.13. The third kappa shape index (κ3) is 3.32. The number of nitrogens with zero attached hydrogens (tertiary/aromatic N) is 2. The Labute approximate surface area is 144 Å². The van der Waals surface area contributed by atoms with Crippen LogP contribution in [0, 0.1) is 11.6 Å². The fraction of sp³-hybridized carbons (Fsp3) is 0.429. The summed E-state index contributed by atoms with van der Waals surface area (Å²) in [6.07, 6.45) is -0.619. The number of hydrogen-bond donors (Lipinski definition) is 2. The lowest BCUT2D eigenvalue weighted by atomic mass is 10.1. The minimum Gasteiger partial charge on any atom is -0.386 e. The first-order valence-corrected chi connectivity index (χ1v) is 8.01. The maximum atomic E-state index is 14.3. The zero-order valence-electron chi connectivity index (χ0n) is 12.0. The van der Waals surface area contributed by atoms with Crippen molar-refractivity contribution in [3.63, 3.8) is 0 Å². The Morgan fingerprint density at radius 3 is 2.96 bits per heavy atom. The van der Waals surface area contributed by atoms with Gasteiger partial charge in [-0.1, -0.05) is 0 Å². The highest BCUT2D eigenvalue weighted by atomic mass is 79.9. The molecule has 2 atom stereocenters. The summed E-state index contributed by atoms with van der Waals surface area (Å²) in [5.41, 5.74) is -0.857. The predicted octanol–water partition coefficient (Wildman–Crippen LogP) is 2.74. The molecule has 1 aliphatic rings. The van der Waals surface area contributed by atoms with Crippen LogP contribution in [0.2, 0.25) is 5.28 Å². The topological polar surface area (TPSA) is 67.3 Å². The summed E-state index contributed by atoms with van der Waals surface area (Å²) in [7, 11) is 0. The Morgan fingerprint density at radius 2 is 2.22 bits per heavy atom. The molecule has 2 N–H and O–H groups in total. The van der Waals surface area contributed by atoms with Crippen molar-refractivity contribution >= 4 is 38.4 Å². The molecule has 0 spiro atoms. The molecular formula is C14H13BrClF2N3O2. The SMILES string of the molecule is CC1(O)CNCC(c2nc(Cl)nc3c(F)c(Br)c(F)cc23)OC1. The highest BCUT2D eigenvalue weighted by Gasteiger charge is 2.30. The number of hydrogen-bond acceptors (Lipinski definition) is 5. The molecule has 1 aromatic carbocycles. The minimum atomic E-state index is -1.04. The van der Waals surface area contributed by atoms with Crippen LogP contribution in [0.15, 0.2) is 10.5 Å². The van der Waals surface area contributed by atoms with E-state index in [2.05, 4.69) is 31.2 Å². The van der Waals surface area contributed by atoms with Crippen molar-refractivity contribution in [2.24, 2.45) is 0 Å². The summed E-state index contributed by atoms with van der Waals surface area (Å²) in [4.78, 5) is 7.93. The lowest BCUT2D eigenvalue weighted by Gasteiger charge is -2.20. The molecule has 5 nitrogen and oxygen atoms in total. The van der Waals surface area contributed by atoms with E-state index in [1.54, 1.807) is 6.92 Å². The van der Waals surface area contributed by atoms with E-state index < -0.39 is 23.3 Å². The molecule has 2 unspecified atom stereocenters. The second kappa shape index (κ2) is 6.18. The predicted molar refractivity (Wildman–Crippen MR) is 84.4 cm³/mol. The third-order valence-corrected chi connectivity index (χ3v) is 4.46. The molecule has 0 aliphatic carbocycles. The van der Waals surface area contributed by atoms with Gasteiger partial charge < -0.3 is 15.2 Å². The fourth-order valence-electron chi connectivity index (χ4n) is 2.45. The Bertz CT molecular complexity index is 776. The first kappa shape index (κ1) is 16.9. The van der Waals surface area contributed by atoms with Gasteiger partial charge in [0, 0.05) is 18.5 Å². The van der Waals surface area contributed by atoms with E-state index in [-0.39, 0.29) is 33.0 Å². The van der Waals surface area contributed by atoms with Gasteiger partial charge in [0.05, 0.1) is 22.4 Å². The van der Waals surface area contributed by atoms with Gasteiger partial charge >= 0.3 is 0 Å². The maximum Gasteiger partial charge on any atom is 0.223 e.